The molecule has 0 N–H and O–H groups in total. The number of aryl methyl sites for hydroxylation is 1. The second kappa shape index (κ2) is 8.24. The van der Waals surface area contributed by atoms with Crippen molar-refractivity contribution in [2.45, 2.75) is 11.8 Å². The SMILES string of the molecule is Cc1ccc(OCC(=O)N2CCN(S(=O)(=O)c3ccc(F)cc3F)CC2)cc1. The second-order valence-electron chi connectivity index (χ2n) is 6.46. The highest BCUT2D eigenvalue weighted by Gasteiger charge is 2.32. The van der Waals surface area contributed by atoms with Crippen LogP contribution in [0.25, 0.3) is 0 Å². The maximum absolute atomic E-state index is 13.9. The molecule has 150 valence electrons. The monoisotopic (exact) mass is 410 g/mol. The van der Waals surface area contributed by atoms with E-state index in [0.717, 1.165) is 22.0 Å². The molecule has 0 radical (unpaired) electrons. The largest absolute Gasteiger partial charge is 0.484 e. The normalized spacial score (nSPS) is 15.5. The van der Waals surface area contributed by atoms with E-state index >= 15 is 0 Å². The molecule has 1 heterocycles. The summed E-state index contributed by atoms with van der Waals surface area (Å²) in [6, 6.07) is 9.63. The van der Waals surface area contributed by atoms with Crippen molar-refractivity contribution in [1.82, 2.24) is 9.21 Å². The third kappa shape index (κ3) is 4.48. The summed E-state index contributed by atoms with van der Waals surface area (Å²) in [5, 5.41) is 0. The standard InChI is InChI=1S/C19H20F2N2O4S/c1-14-2-5-16(6-3-14)27-13-19(24)22-8-10-23(11-9-22)28(25,26)18-7-4-15(20)12-17(18)21/h2-7,12H,8-11,13H2,1H3. The Labute approximate surface area is 162 Å². The first kappa shape index (κ1) is 20.2. The molecule has 9 heteroatoms. The Bertz CT molecular complexity index is 956. The number of piperazine rings is 1. The molecule has 0 atom stereocenters. The highest BCUT2D eigenvalue weighted by molar-refractivity contribution is 7.89. The van der Waals surface area contributed by atoms with Crippen LogP contribution in [0.4, 0.5) is 8.78 Å². The molecule has 0 saturated carbocycles. The van der Waals surface area contributed by atoms with Gasteiger partial charge in [0.2, 0.25) is 10.0 Å². The van der Waals surface area contributed by atoms with Crippen molar-refractivity contribution in [3.8, 4) is 5.75 Å². The summed E-state index contributed by atoms with van der Waals surface area (Å²) < 4.78 is 58.6. The van der Waals surface area contributed by atoms with Crippen LogP contribution in [0.1, 0.15) is 5.56 Å². The van der Waals surface area contributed by atoms with Crippen LogP contribution in [-0.4, -0.2) is 56.3 Å². The molecule has 2 aromatic carbocycles. The zero-order valence-corrected chi connectivity index (χ0v) is 16.1. The summed E-state index contributed by atoms with van der Waals surface area (Å²) in [7, 11) is -4.10. The number of nitrogens with zero attached hydrogens (tertiary/aromatic N) is 2. The van der Waals surface area contributed by atoms with Crippen molar-refractivity contribution in [3.63, 3.8) is 0 Å². The summed E-state index contributed by atoms with van der Waals surface area (Å²) in [6.07, 6.45) is 0. The van der Waals surface area contributed by atoms with Crippen molar-refractivity contribution in [2.75, 3.05) is 32.8 Å². The van der Waals surface area contributed by atoms with Gasteiger partial charge in [0.25, 0.3) is 5.91 Å². The van der Waals surface area contributed by atoms with E-state index in [1.165, 1.54) is 4.90 Å². The van der Waals surface area contributed by atoms with Crippen molar-refractivity contribution in [1.29, 1.82) is 0 Å². The minimum Gasteiger partial charge on any atom is -0.484 e. The van der Waals surface area contributed by atoms with E-state index in [9.17, 15) is 22.0 Å². The van der Waals surface area contributed by atoms with Crippen molar-refractivity contribution < 1.29 is 26.7 Å². The van der Waals surface area contributed by atoms with Crippen LogP contribution in [0.5, 0.6) is 5.75 Å². The van der Waals surface area contributed by atoms with Crippen LogP contribution in [0, 0.1) is 18.6 Å². The van der Waals surface area contributed by atoms with Gasteiger partial charge in [-0.2, -0.15) is 4.31 Å². The molecule has 3 rings (SSSR count). The number of benzene rings is 2. The third-order valence-corrected chi connectivity index (χ3v) is 6.42. The number of hydrogen-bond acceptors (Lipinski definition) is 4. The lowest BCUT2D eigenvalue weighted by atomic mass is 10.2. The van der Waals surface area contributed by atoms with Crippen LogP contribution >= 0.6 is 0 Å². The Kier molecular flexibility index (Phi) is 5.95. The first-order valence-electron chi connectivity index (χ1n) is 8.70. The van der Waals surface area contributed by atoms with Crippen molar-refractivity contribution in [3.05, 3.63) is 59.7 Å². The predicted octanol–water partition coefficient (Wildman–Crippen LogP) is 2.19. The number of carbonyl (C=O) groups is 1. The Hall–Kier alpha value is -2.52. The van der Waals surface area contributed by atoms with Gasteiger partial charge in [0.05, 0.1) is 0 Å². The maximum atomic E-state index is 13.9. The summed E-state index contributed by atoms with van der Waals surface area (Å²) >= 11 is 0. The van der Waals surface area contributed by atoms with E-state index in [4.69, 9.17) is 4.74 Å². The fourth-order valence-electron chi connectivity index (χ4n) is 2.87. The number of hydrogen-bond donors (Lipinski definition) is 0. The van der Waals surface area contributed by atoms with Crippen LogP contribution in [-0.2, 0) is 14.8 Å². The van der Waals surface area contributed by atoms with Gasteiger partial charge >= 0.3 is 0 Å². The number of rotatable bonds is 5. The number of halogens is 2. The van der Waals surface area contributed by atoms with Gasteiger partial charge in [-0.25, -0.2) is 17.2 Å². The number of carbonyl (C=O) groups excluding carboxylic acids is 1. The van der Waals surface area contributed by atoms with E-state index in [2.05, 4.69) is 0 Å². The first-order chi connectivity index (χ1) is 13.3. The lowest BCUT2D eigenvalue weighted by Crippen LogP contribution is -2.51. The van der Waals surface area contributed by atoms with Crippen LogP contribution in [0.15, 0.2) is 47.4 Å². The lowest BCUT2D eigenvalue weighted by Gasteiger charge is -2.34. The summed E-state index contributed by atoms with van der Waals surface area (Å²) in [6.45, 7) is 2.17. The van der Waals surface area contributed by atoms with Crippen molar-refractivity contribution in [2.24, 2.45) is 0 Å². The zero-order valence-electron chi connectivity index (χ0n) is 15.3. The quantitative estimate of drug-likeness (QED) is 0.758. The molecule has 1 aliphatic heterocycles. The second-order valence-corrected chi connectivity index (χ2v) is 8.37. The van der Waals surface area contributed by atoms with Gasteiger partial charge in [0, 0.05) is 32.2 Å². The fraction of sp³-hybridized carbons (Fsp3) is 0.316. The molecule has 0 bridgehead atoms. The molecule has 1 fully saturated rings. The average molecular weight is 410 g/mol. The minimum atomic E-state index is -4.10. The summed E-state index contributed by atoms with van der Waals surface area (Å²) in [4.78, 5) is 13.2. The van der Waals surface area contributed by atoms with Gasteiger partial charge in [-0.3, -0.25) is 4.79 Å². The van der Waals surface area contributed by atoms with Crippen LogP contribution in [0.2, 0.25) is 0 Å². The number of sulfonamides is 1. The van der Waals surface area contributed by atoms with E-state index in [1.807, 2.05) is 19.1 Å². The minimum absolute atomic E-state index is 0.0232. The molecule has 0 aromatic heterocycles. The Balaban J connectivity index is 1.57. The van der Waals surface area contributed by atoms with E-state index in [0.29, 0.717) is 11.8 Å². The fourth-order valence-corrected chi connectivity index (χ4v) is 4.34. The Morgan fingerprint density at radius 1 is 1.04 bits per heavy atom. The van der Waals surface area contributed by atoms with Gasteiger partial charge in [-0.1, -0.05) is 17.7 Å². The van der Waals surface area contributed by atoms with Gasteiger partial charge in [0.15, 0.2) is 6.61 Å². The Morgan fingerprint density at radius 2 is 1.68 bits per heavy atom. The van der Waals surface area contributed by atoms with Gasteiger partial charge in [0.1, 0.15) is 22.3 Å². The molecule has 1 amide bonds. The van der Waals surface area contributed by atoms with Gasteiger partial charge < -0.3 is 9.64 Å². The van der Waals surface area contributed by atoms with E-state index < -0.39 is 26.6 Å². The van der Waals surface area contributed by atoms with Crippen molar-refractivity contribution >= 4 is 15.9 Å². The van der Waals surface area contributed by atoms with Crippen LogP contribution < -0.4 is 4.74 Å². The molecule has 28 heavy (non-hydrogen) atoms. The molecule has 0 aliphatic carbocycles. The highest BCUT2D eigenvalue weighted by atomic mass is 32.2. The van der Waals surface area contributed by atoms with Gasteiger partial charge in [-0.15, -0.1) is 0 Å². The molecule has 1 saturated heterocycles. The van der Waals surface area contributed by atoms with E-state index in [-0.39, 0.29) is 38.7 Å². The number of amides is 1. The molecule has 0 spiro atoms. The number of ether oxygens (including phenoxy) is 1. The topological polar surface area (TPSA) is 66.9 Å². The average Bonchev–Trinajstić information content (AvgIpc) is 2.67. The third-order valence-electron chi connectivity index (χ3n) is 4.49. The summed E-state index contributed by atoms with van der Waals surface area (Å²) in [5.74, 6) is -1.66. The predicted molar refractivity (Wildman–Crippen MR) is 98.4 cm³/mol. The zero-order chi connectivity index (χ0) is 20.3. The van der Waals surface area contributed by atoms with Gasteiger partial charge in [-0.05, 0) is 31.2 Å². The Morgan fingerprint density at radius 3 is 2.29 bits per heavy atom. The summed E-state index contributed by atoms with van der Waals surface area (Å²) in [5.41, 5.74) is 1.08. The molecule has 0 unspecified atom stereocenters. The molecular formula is C19H20F2N2O4S. The molecule has 2 aromatic rings. The molecule has 6 nitrogen and oxygen atoms in total. The molecular weight excluding hydrogens is 390 g/mol. The lowest BCUT2D eigenvalue weighted by molar-refractivity contribution is -0.134. The van der Waals surface area contributed by atoms with E-state index in [1.54, 1.807) is 12.1 Å². The first-order valence-corrected chi connectivity index (χ1v) is 10.1. The smallest absolute Gasteiger partial charge is 0.260 e. The maximum Gasteiger partial charge on any atom is 0.260 e. The molecule has 1 aliphatic rings. The highest BCUT2D eigenvalue weighted by Crippen LogP contribution is 2.21. The van der Waals surface area contributed by atoms with Crippen LogP contribution in [0.3, 0.4) is 0 Å².